The number of hydrogen-bond donors (Lipinski definition) is 0. The van der Waals surface area contributed by atoms with Crippen molar-refractivity contribution in [1.82, 2.24) is 0 Å². The Morgan fingerprint density at radius 2 is 1.43 bits per heavy atom. The first-order valence-electron chi connectivity index (χ1n) is 6.38. The van der Waals surface area contributed by atoms with Gasteiger partial charge in [-0.3, -0.25) is 0 Å². The second-order valence-corrected chi connectivity index (χ2v) is 4.47. The third-order valence-corrected chi connectivity index (χ3v) is 3.30. The van der Waals surface area contributed by atoms with E-state index in [2.05, 4.69) is 73.7 Å². The third-order valence-electron chi connectivity index (χ3n) is 3.30. The zero-order valence-electron chi connectivity index (χ0n) is 11.7. The summed E-state index contributed by atoms with van der Waals surface area (Å²) in [5.74, 6) is 0. The molecule has 3 rings (SSSR count). The number of hydrogen-bond acceptors (Lipinski definition) is 0. The molecule has 1 aromatic carbocycles. The van der Waals surface area contributed by atoms with E-state index in [-0.39, 0.29) is 51.0 Å². The summed E-state index contributed by atoms with van der Waals surface area (Å²) in [5.41, 5.74) is 6.33. The fourth-order valence-corrected chi connectivity index (χ4v) is 2.34. The quantitative estimate of drug-likeness (QED) is 0.482. The van der Waals surface area contributed by atoms with Crippen LogP contribution < -0.4 is 24.8 Å². The number of aryl methyl sites for hydroxylation is 1. The summed E-state index contributed by atoms with van der Waals surface area (Å²) in [5, 5.41) is 0. The Balaban J connectivity index is 0.00000133. The van der Waals surface area contributed by atoms with Crippen LogP contribution in [0.15, 0.2) is 60.7 Å². The van der Waals surface area contributed by atoms with Crippen LogP contribution in [-0.2, 0) is 32.6 Å². The number of rotatable bonds is 2. The Morgan fingerprint density at radius 3 is 2.10 bits per heavy atom. The van der Waals surface area contributed by atoms with E-state index < -0.39 is 0 Å². The van der Waals surface area contributed by atoms with Gasteiger partial charge in [-0.05, 0) is 12.0 Å². The molecule has 0 saturated heterocycles. The molecule has 2 aliphatic carbocycles. The van der Waals surface area contributed by atoms with Crippen molar-refractivity contribution in [3.8, 4) is 22.3 Å². The van der Waals surface area contributed by atoms with E-state index in [0.29, 0.717) is 0 Å². The maximum absolute atomic E-state index is 3.48. The smallest absolute Gasteiger partial charge is 1.00 e. The first-order valence-corrected chi connectivity index (χ1v) is 6.38. The minimum atomic E-state index is 0. The van der Waals surface area contributed by atoms with Gasteiger partial charge < -0.3 is 24.8 Å². The van der Waals surface area contributed by atoms with Crippen LogP contribution >= 0.6 is 0 Å². The molecule has 0 heterocycles. The first-order chi connectivity index (χ1) is 8.88. The van der Waals surface area contributed by atoms with Crippen molar-refractivity contribution in [1.29, 1.82) is 0 Å². The van der Waals surface area contributed by atoms with Crippen LogP contribution in [0.5, 0.6) is 0 Å². The minimum absolute atomic E-state index is 0. The van der Waals surface area contributed by atoms with Gasteiger partial charge >= 0.3 is 26.2 Å². The van der Waals surface area contributed by atoms with E-state index in [0.717, 1.165) is 6.42 Å². The van der Waals surface area contributed by atoms with Gasteiger partial charge in [0.05, 0.1) is 0 Å². The molecule has 1 radical (unpaired) electrons. The predicted molar refractivity (Wildman–Crippen MR) is 76.7 cm³/mol. The molecular weight excluding hydrogens is 378 g/mol. The fourth-order valence-electron chi connectivity index (χ4n) is 2.34. The summed E-state index contributed by atoms with van der Waals surface area (Å²) in [4.78, 5) is 0. The summed E-state index contributed by atoms with van der Waals surface area (Å²) in [7, 11) is 0. The molecule has 0 spiro atoms. The second kappa shape index (κ2) is 9.41. The van der Waals surface area contributed by atoms with Crippen LogP contribution in [0.4, 0.5) is 0 Å². The van der Waals surface area contributed by atoms with Crippen LogP contribution in [0, 0.1) is 6.07 Å². The largest absolute Gasteiger partial charge is 3.00 e. The van der Waals surface area contributed by atoms with Gasteiger partial charge in [-0.25, -0.2) is 0 Å². The predicted octanol–water partition coefficient (Wildman–Crippen LogP) is -1.17. The van der Waals surface area contributed by atoms with Crippen LogP contribution in [-0.4, -0.2) is 0 Å². The Labute approximate surface area is 158 Å². The molecule has 0 N–H and O–H groups in total. The average molecular weight is 393 g/mol. The molecule has 0 saturated carbocycles. The maximum atomic E-state index is 3.48. The zero-order valence-corrected chi connectivity index (χ0v) is 15.7. The van der Waals surface area contributed by atoms with Crippen molar-refractivity contribution in [3.63, 3.8) is 0 Å². The van der Waals surface area contributed by atoms with Crippen LogP contribution in [0.1, 0.15) is 12.5 Å². The van der Waals surface area contributed by atoms with Gasteiger partial charge in [-0.2, -0.15) is 11.6 Å². The molecular formula is C18H15Cl2Zr. The molecule has 0 unspecified atom stereocenters. The van der Waals surface area contributed by atoms with E-state index in [1.807, 2.05) is 0 Å². The van der Waals surface area contributed by atoms with Crippen LogP contribution in [0.25, 0.3) is 22.3 Å². The molecule has 21 heavy (non-hydrogen) atoms. The molecule has 0 nitrogen and oxygen atoms in total. The summed E-state index contributed by atoms with van der Waals surface area (Å²) in [6, 6.07) is 24.8. The summed E-state index contributed by atoms with van der Waals surface area (Å²) in [6.07, 6.45) is 1.03. The van der Waals surface area contributed by atoms with Gasteiger partial charge in [0.15, 0.2) is 0 Å². The second-order valence-electron chi connectivity index (χ2n) is 4.47. The third kappa shape index (κ3) is 4.42. The number of benzene rings is 1. The van der Waals surface area contributed by atoms with Gasteiger partial charge in [0.2, 0.25) is 0 Å². The molecule has 0 aromatic heterocycles. The van der Waals surface area contributed by atoms with Crippen LogP contribution in [0.2, 0.25) is 0 Å². The molecule has 2 aliphatic rings. The number of fused-ring (bicyclic) bond motifs is 1. The molecule has 1 aromatic rings. The van der Waals surface area contributed by atoms with Gasteiger partial charge in [0.1, 0.15) is 0 Å². The van der Waals surface area contributed by atoms with Crippen molar-refractivity contribution >= 4 is 0 Å². The Morgan fingerprint density at radius 1 is 0.810 bits per heavy atom. The van der Waals surface area contributed by atoms with E-state index in [9.17, 15) is 0 Å². The van der Waals surface area contributed by atoms with E-state index >= 15 is 0 Å². The van der Waals surface area contributed by atoms with Crippen molar-refractivity contribution in [2.45, 2.75) is 13.3 Å². The average Bonchev–Trinajstić information content (AvgIpc) is 2.73. The van der Waals surface area contributed by atoms with Crippen molar-refractivity contribution in [2.75, 3.05) is 0 Å². The van der Waals surface area contributed by atoms with Crippen LogP contribution in [0.3, 0.4) is 0 Å². The Hall–Kier alpha value is -0.617. The normalized spacial score (nSPS) is 9.19. The van der Waals surface area contributed by atoms with Crippen molar-refractivity contribution < 1.29 is 51.0 Å². The van der Waals surface area contributed by atoms with Crippen molar-refractivity contribution in [2.24, 2.45) is 0 Å². The molecule has 3 heteroatoms. The fraction of sp³-hybridized carbons (Fsp3) is 0.111. The summed E-state index contributed by atoms with van der Waals surface area (Å²) in [6.45, 7) is 2.17. The monoisotopic (exact) mass is 391 g/mol. The van der Waals surface area contributed by atoms with Gasteiger partial charge in [0.25, 0.3) is 0 Å². The van der Waals surface area contributed by atoms with Crippen molar-refractivity contribution in [3.05, 3.63) is 72.3 Å². The Bertz CT molecular complexity index is 638. The SMILES string of the molecule is CCc1[c-]c2ccccc(-c3ccccc3)c-2c1.[Cl-].[Cl-].[Zr+3]. The molecule has 105 valence electrons. The minimum Gasteiger partial charge on any atom is -1.00 e. The topological polar surface area (TPSA) is 0 Å². The standard InChI is InChI=1S/C18H15.2ClH.Zr/c1-2-14-12-16-10-6-7-11-17(18(16)13-14)15-8-4-3-5-9-15;;;/h3-11,13H,2H2,1H3;2*1H;/q-1;;;+3/p-2. The zero-order chi connectivity index (χ0) is 12.4. The summed E-state index contributed by atoms with van der Waals surface area (Å²) < 4.78 is 0. The van der Waals surface area contributed by atoms with Gasteiger partial charge in [-0.1, -0.05) is 55.0 Å². The van der Waals surface area contributed by atoms with E-state index in [4.69, 9.17) is 0 Å². The Kier molecular flexibility index (Phi) is 9.13. The molecule has 0 amide bonds. The van der Waals surface area contributed by atoms with E-state index in [1.165, 1.54) is 27.8 Å². The van der Waals surface area contributed by atoms with E-state index in [1.54, 1.807) is 0 Å². The van der Waals surface area contributed by atoms with Gasteiger partial charge in [-0.15, -0.1) is 29.3 Å². The first kappa shape index (κ1) is 20.4. The molecule has 0 atom stereocenters. The van der Waals surface area contributed by atoms with Gasteiger partial charge in [0, 0.05) is 0 Å². The molecule has 0 bridgehead atoms. The molecule has 0 aliphatic heterocycles. The maximum Gasteiger partial charge on any atom is 3.00 e. The number of halogens is 2. The summed E-state index contributed by atoms with van der Waals surface area (Å²) >= 11 is 0. The molecule has 0 fully saturated rings.